The Morgan fingerprint density at radius 3 is 2.75 bits per heavy atom. The molecule has 1 aliphatic heterocycles. The van der Waals surface area contributed by atoms with Crippen molar-refractivity contribution < 1.29 is 0 Å². The topological polar surface area (TPSA) is 32.5 Å². The first kappa shape index (κ1) is 5.59. The predicted octanol–water partition coefficient (Wildman–Crippen LogP) is -0.421. The average Bonchev–Trinajstić information content (AvgIpc) is 1.64. The van der Waals surface area contributed by atoms with E-state index in [1.165, 1.54) is 0 Å². The van der Waals surface area contributed by atoms with Crippen LogP contribution in [0.3, 0.4) is 0 Å². The van der Waals surface area contributed by atoms with E-state index in [2.05, 4.69) is 0 Å². The Morgan fingerprint density at radius 2 is 2.38 bits per heavy atom. The van der Waals surface area contributed by atoms with E-state index in [0.717, 1.165) is 13.2 Å². The van der Waals surface area contributed by atoms with Crippen molar-refractivity contribution in [2.75, 3.05) is 20.3 Å². The van der Waals surface area contributed by atoms with Gasteiger partial charge in [-0.2, -0.15) is 0 Å². The summed E-state index contributed by atoms with van der Waals surface area (Å²) in [4.78, 5) is 2.03. The van der Waals surface area contributed by atoms with Gasteiger partial charge in [-0.1, -0.05) is 6.08 Å². The monoisotopic (exact) mass is 113 g/mol. The van der Waals surface area contributed by atoms with Crippen molar-refractivity contribution in [2.45, 2.75) is 0 Å². The first-order valence-corrected chi connectivity index (χ1v) is 2.65. The molecule has 0 saturated carbocycles. The van der Waals surface area contributed by atoms with Crippen LogP contribution in [0, 0.1) is 0 Å². The molecule has 0 aromatic heterocycles. The Bertz CT molecular complexity index is 99.8. The van der Waals surface area contributed by atoms with E-state index in [-0.39, 0.29) is 0 Å². The third-order valence-corrected chi connectivity index (χ3v) is 1.10. The van der Waals surface area contributed by atoms with Crippen LogP contribution in [0.15, 0.2) is 12.3 Å². The van der Waals surface area contributed by atoms with Crippen LogP contribution in [0.2, 0.25) is 0 Å². The summed E-state index contributed by atoms with van der Waals surface area (Å²) in [6.07, 6.45) is 4.06. The maximum absolute atomic E-state index is 5.47. The summed E-state index contributed by atoms with van der Waals surface area (Å²) in [5, 5.41) is 1.75. The van der Waals surface area contributed by atoms with Gasteiger partial charge in [0, 0.05) is 13.6 Å². The largest absolute Gasteiger partial charge is 0.367 e. The third kappa shape index (κ3) is 1.21. The normalized spacial score (nSPS) is 22.0. The Labute approximate surface area is 49.3 Å². The van der Waals surface area contributed by atoms with Gasteiger partial charge in [0.2, 0.25) is 0 Å². The van der Waals surface area contributed by atoms with Gasteiger partial charge in [0.15, 0.2) is 0 Å². The molecule has 0 radical (unpaired) electrons. The molecule has 0 aromatic carbocycles. The Kier molecular flexibility index (Phi) is 1.50. The number of nitrogens with zero attached hydrogens (tertiary/aromatic N) is 2. The molecule has 3 nitrogen and oxygen atoms in total. The summed E-state index contributed by atoms with van der Waals surface area (Å²) in [5.41, 5.74) is 0. The van der Waals surface area contributed by atoms with E-state index in [1.807, 2.05) is 24.2 Å². The SMILES string of the molecule is CN1C=CCN(N)C1. The number of hydrazine groups is 1. The van der Waals surface area contributed by atoms with Crippen molar-refractivity contribution in [3.63, 3.8) is 0 Å². The van der Waals surface area contributed by atoms with E-state index in [9.17, 15) is 0 Å². The highest BCUT2D eigenvalue weighted by molar-refractivity contribution is 4.86. The lowest BCUT2D eigenvalue weighted by atomic mass is 10.5. The van der Waals surface area contributed by atoms with Crippen LogP contribution in [0.25, 0.3) is 0 Å². The fourth-order valence-electron chi connectivity index (χ4n) is 0.754. The molecule has 0 bridgehead atoms. The summed E-state index contributed by atoms with van der Waals surface area (Å²) in [5.74, 6) is 5.47. The smallest absolute Gasteiger partial charge is 0.0831 e. The molecule has 3 heteroatoms. The molecular weight excluding hydrogens is 102 g/mol. The quantitative estimate of drug-likeness (QED) is 0.433. The highest BCUT2D eigenvalue weighted by Gasteiger charge is 2.01. The van der Waals surface area contributed by atoms with Crippen LogP contribution in [0.1, 0.15) is 0 Å². The van der Waals surface area contributed by atoms with E-state index in [4.69, 9.17) is 5.84 Å². The van der Waals surface area contributed by atoms with Crippen LogP contribution in [-0.2, 0) is 0 Å². The fourth-order valence-corrected chi connectivity index (χ4v) is 0.754. The second-order valence-corrected chi connectivity index (χ2v) is 2.05. The number of hydrogen-bond donors (Lipinski definition) is 1. The standard InChI is InChI=1S/C5H11N3/c1-7-3-2-4-8(6)5-7/h2-3H,4-6H2,1H3. The summed E-state index contributed by atoms with van der Waals surface area (Å²) in [6.45, 7) is 1.70. The molecule has 8 heavy (non-hydrogen) atoms. The number of rotatable bonds is 0. The first-order chi connectivity index (χ1) is 3.79. The van der Waals surface area contributed by atoms with Gasteiger partial charge in [-0.05, 0) is 6.20 Å². The fraction of sp³-hybridized carbons (Fsp3) is 0.600. The van der Waals surface area contributed by atoms with Crippen molar-refractivity contribution in [2.24, 2.45) is 5.84 Å². The maximum atomic E-state index is 5.47. The number of nitrogens with two attached hydrogens (primary N) is 1. The molecule has 0 amide bonds. The third-order valence-electron chi connectivity index (χ3n) is 1.10. The molecule has 1 heterocycles. The van der Waals surface area contributed by atoms with Crippen LogP contribution in [-0.4, -0.2) is 30.2 Å². The molecular formula is C5H11N3. The Hall–Kier alpha value is -0.540. The first-order valence-electron chi connectivity index (χ1n) is 2.65. The van der Waals surface area contributed by atoms with Gasteiger partial charge >= 0.3 is 0 Å². The molecule has 0 aromatic rings. The zero-order valence-corrected chi connectivity index (χ0v) is 5.04. The summed E-state index contributed by atoms with van der Waals surface area (Å²) >= 11 is 0. The molecule has 0 aliphatic carbocycles. The zero-order chi connectivity index (χ0) is 5.98. The minimum absolute atomic E-state index is 0.830. The summed E-state index contributed by atoms with van der Waals surface area (Å²) in [7, 11) is 2.00. The molecule has 0 atom stereocenters. The van der Waals surface area contributed by atoms with Gasteiger partial charge < -0.3 is 4.90 Å². The van der Waals surface area contributed by atoms with Gasteiger partial charge in [0.1, 0.15) is 0 Å². The highest BCUT2D eigenvalue weighted by atomic mass is 15.5. The molecule has 1 aliphatic rings. The van der Waals surface area contributed by atoms with Crippen molar-refractivity contribution in [3.8, 4) is 0 Å². The maximum Gasteiger partial charge on any atom is 0.0831 e. The van der Waals surface area contributed by atoms with E-state index in [0.29, 0.717) is 0 Å². The van der Waals surface area contributed by atoms with Crippen LogP contribution in [0.5, 0.6) is 0 Å². The van der Waals surface area contributed by atoms with E-state index < -0.39 is 0 Å². The second-order valence-electron chi connectivity index (χ2n) is 2.05. The molecule has 0 fully saturated rings. The van der Waals surface area contributed by atoms with Crippen LogP contribution in [0.4, 0.5) is 0 Å². The van der Waals surface area contributed by atoms with Crippen molar-refractivity contribution in [1.29, 1.82) is 0 Å². The minimum Gasteiger partial charge on any atom is -0.367 e. The molecule has 46 valence electrons. The van der Waals surface area contributed by atoms with E-state index in [1.54, 1.807) is 5.01 Å². The van der Waals surface area contributed by atoms with Crippen molar-refractivity contribution in [3.05, 3.63) is 12.3 Å². The van der Waals surface area contributed by atoms with E-state index >= 15 is 0 Å². The summed E-state index contributed by atoms with van der Waals surface area (Å²) < 4.78 is 0. The van der Waals surface area contributed by atoms with Gasteiger partial charge in [-0.3, -0.25) is 5.84 Å². The van der Waals surface area contributed by atoms with Gasteiger partial charge in [0.05, 0.1) is 6.67 Å². The average molecular weight is 113 g/mol. The van der Waals surface area contributed by atoms with Gasteiger partial charge in [-0.15, -0.1) is 0 Å². The van der Waals surface area contributed by atoms with Gasteiger partial charge in [0.25, 0.3) is 0 Å². The van der Waals surface area contributed by atoms with Crippen LogP contribution >= 0.6 is 0 Å². The minimum atomic E-state index is 0.830. The van der Waals surface area contributed by atoms with Crippen molar-refractivity contribution in [1.82, 2.24) is 9.91 Å². The Balaban J connectivity index is 2.42. The lowest BCUT2D eigenvalue weighted by molar-refractivity contribution is 0.195. The van der Waals surface area contributed by atoms with Crippen molar-refractivity contribution >= 4 is 0 Å². The lowest BCUT2D eigenvalue weighted by Gasteiger charge is -2.25. The number of hydrogen-bond acceptors (Lipinski definition) is 3. The molecule has 0 spiro atoms. The Morgan fingerprint density at radius 1 is 1.62 bits per heavy atom. The lowest BCUT2D eigenvalue weighted by Crippen LogP contribution is -2.41. The predicted molar refractivity (Wildman–Crippen MR) is 32.7 cm³/mol. The molecule has 0 unspecified atom stereocenters. The molecule has 2 N–H and O–H groups in total. The summed E-state index contributed by atoms with van der Waals surface area (Å²) in [6, 6.07) is 0. The second kappa shape index (κ2) is 2.15. The molecule has 1 rings (SSSR count). The highest BCUT2D eigenvalue weighted by Crippen LogP contribution is 1.93. The zero-order valence-electron chi connectivity index (χ0n) is 5.04. The van der Waals surface area contributed by atoms with Crippen LogP contribution < -0.4 is 5.84 Å². The van der Waals surface area contributed by atoms with Gasteiger partial charge in [-0.25, -0.2) is 5.01 Å². The molecule has 0 saturated heterocycles.